The Kier molecular flexibility index (Phi) is 3.03. The van der Waals surface area contributed by atoms with Crippen molar-refractivity contribution in [2.45, 2.75) is 0 Å². The summed E-state index contributed by atoms with van der Waals surface area (Å²) in [7, 11) is 0. The maximum Gasteiger partial charge on any atom is 0.409 e. The summed E-state index contributed by atoms with van der Waals surface area (Å²) in [5.74, 6) is -0.662. The zero-order valence-corrected chi connectivity index (χ0v) is 9.65. The average Bonchev–Trinajstić information content (AvgIpc) is 2.70. The van der Waals surface area contributed by atoms with Crippen molar-refractivity contribution in [3.8, 4) is 5.75 Å². The van der Waals surface area contributed by atoms with Gasteiger partial charge in [-0.3, -0.25) is 9.59 Å². The molecule has 0 aliphatic carbocycles. The van der Waals surface area contributed by atoms with Gasteiger partial charge in [-0.2, -0.15) is 0 Å². The van der Waals surface area contributed by atoms with Crippen LogP contribution >= 0.6 is 11.6 Å². The highest BCUT2D eigenvalue weighted by Crippen LogP contribution is 2.24. The summed E-state index contributed by atoms with van der Waals surface area (Å²) in [5, 5.41) is -0.662. The standard InChI is InChI=1S/C11H7ClN2O4/c12-10(16)9(15)7-4-14-8-2-1-5(3-6(7)8)18-11(13)17/h1-4,14H,(H2,13,17). The second-order valence-electron chi connectivity index (χ2n) is 3.43. The molecule has 0 aliphatic rings. The number of fused-ring (bicyclic) bond motifs is 1. The number of aromatic amines is 1. The lowest BCUT2D eigenvalue weighted by Gasteiger charge is -2.01. The summed E-state index contributed by atoms with van der Waals surface area (Å²) in [6.45, 7) is 0. The summed E-state index contributed by atoms with van der Waals surface area (Å²) >= 11 is 5.14. The van der Waals surface area contributed by atoms with E-state index < -0.39 is 17.1 Å². The van der Waals surface area contributed by atoms with Crippen molar-refractivity contribution < 1.29 is 19.1 Å². The van der Waals surface area contributed by atoms with Crippen LogP contribution in [0.2, 0.25) is 0 Å². The van der Waals surface area contributed by atoms with Crippen LogP contribution in [0.3, 0.4) is 0 Å². The number of aromatic nitrogens is 1. The Bertz CT molecular complexity index is 662. The van der Waals surface area contributed by atoms with Gasteiger partial charge in [0.1, 0.15) is 5.75 Å². The van der Waals surface area contributed by atoms with E-state index in [9.17, 15) is 14.4 Å². The monoisotopic (exact) mass is 266 g/mol. The van der Waals surface area contributed by atoms with E-state index in [-0.39, 0.29) is 11.3 Å². The van der Waals surface area contributed by atoms with Gasteiger partial charge in [-0.1, -0.05) is 0 Å². The maximum atomic E-state index is 11.5. The van der Waals surface area contributed by atoms with Gasteiger partial charge in [-0.15, -0.1) is 0 Å². The molecular formula is C11H7ClN2O4. The van der Waals surface area contributed by atoms with E-state index in [0.29, 0.717) is 10.9 Å². The molecule has 0 radical (unpaired) electrons. The smallest absolute Gasteiger partial charge is 0.409 e. The van der Waals surface area contributed by atoms with Gasteiger partial charge in [0, 0.05) is 17.1 Å². The second-order valence-corrected chi connectivity index (χ2v) is 3.78. The zero-order valence-electron chi connectivity index (χ0n) is 8.90. The number of nitrogens with two attached hydrogens (primary N) is 1. The van der Waals surface area contributed by atoms with Crippen LogP contribution in [-0.4, -0.2) is 22.1 Å². The van der Waals surface area contributed by atoms with Crippen LogP contribution in [0.5, 0.6) is 5.75 Å². The van der Waals surface area contributed by atoms with Crippen molar-refractivity contribution in [3.63, 3.8) is 0 Å². The first-order valence-corrected chi connectivity index (χ1v) is 5.19. The van der Waals surface area contributed by atoms with Crippen LogP contribution in [-0.2, 0) is 4.79 Å². The Morgan fingerprint density at radius 2 is 2.00 bits per heavy atom. The van der Waals surface area contributed by atoms with Crippen LogP contribution < -0.4 is 10.5 Å². The van der Waals surface area contributed by atoms with Crippen LogP contribution in [0.15, 0.2) is 24.4 Å². The minimum Gasteiger partial charge on any atom is -0.410 e. The van der Waals surface area contributed by atoms with Gasteiger partial charge >= 0.3 is 6.09 Å². The largest absolute Gasteiger partial charge is 0.410 e. The number of carbonyl (C=O) groups is 3. The number of H-pyrrole nitrogens is 1. The van der Waals surface area contributed by atoms with Crippen molar-refractivity contribution in [1.29, 1.82) is 0 Å². The first kappa shape index (κ1) is 12.1. The van der Waals surface area contributed by atoms with Crippen LogP contribution in [0.4, 0.5) is 4.79 Å². The fourth-order valence-electron chi connectivity index (χ4n) is 1.57. The summed E-state index contributed by atoms with van der Waals surface area (Å²) in [6.07, 6.45) is 0.396. The summed E-state index contributed by atoms with van der Waals surface area (Å²) in [4.78, 5) is 35.8. The van der Waals surface area contributed by atoms with E-state index in [1.807, 2.05) is 0 Å². The van der Waals surface area contributed by atoms with Crippen molar-refractivity contribution >= 4 is 39.6 Å². The lowest BCUT2D eigenvalue weighted by atomic mass is 10.1. The molecule has 0 unspecified atom stereocenters. The van der Waals surface area contributed by atoms with Crippen molar-refractivity contribution in [2.75, 3.05) is 0 Å². The van der Waals surface area contributed by atoms with Crippen molar-refractivity contribution in [1.82, 2.24) is 4.98 Å². The van der Waals surface area contributed by atoms with Crippen LogP contribution in [0.1, 0.15) is 10.4 Å². The fraction of sp³-hybridized carbons (Fsp3) is 0. The van der Waals surface area contributed by atoms with E-state index >= 15 is 0 Å². The van der Waals surface area contributed by atoms with Crippen molar-refractivity contribution in [3.05, 3.63) is 30.0 Å². The minimum atomic E-state index is -1.09. The average molecular weight is 267 g/mol. The molecule has 1 aromatic carbocycles. The lowest BCUT2D eigenvalue weighted by molar-refractivity contribution is -0.108. The molecule has 0 fully saturated rings. The predicted octanol–water partition coefficient (Wildman–Crippen LogP) is 1.57. The van der Waals surface area contributed by atoms with Gasteiger partial charge in [0.2, 0.25) is 5.78 Å². The molecule has 2 rings (SSSR count). The number of ketones is 1. The molecule has 18 heavy (non-hydrogen) atoms. The number of nitrogens with one attached hydrogen (secondary N) is 1. The SMILES string of the molecule is NC(=O)Oc1ccc2[nH]cc(C(=O)C(=O)Cl)c2c1. The van der Waals surface area contributed by atoms with Crippen LogP contribution in [0, 0.1) is 0 Å². The highest BCUT2D eigenvalue weighted by Gasteiger charge is 2.18. The van der Waals surface area contributed by atoms with E-state index in [1.54, 1.807) is 6.07 Å². The molecule has 0 bridgehead atoms. The summed E-state index contributed by atoms with van der Waals surface area (Å²) in [5.41, 5.74) is 5.59. The van der Waals surface area contributed by atoms with Crippen molar-refractivity contribution in [2.24, 2.45) is 5.73 Å². The zero-order chi connectivity index (χ0) is 13.3. The highest BCUT2D eigenvalue weighted by molar-refractivity contribution is 6.83. The van der Waals surface area contributed by atoms with E-state index in [1.165, 1.54) is 18.3 Å². The molecule has 6 nitrogen and oxygen atoms in total. The molecule has 1 heterocycles. The first-order chi connectivity index (χ1) is 8.49. The Labute approximate surface area is 106 Å². The number of primary amides is 1. The number of benzene rings is 1. The molecule has 0 aliphatic heterocycles. The minimum absolute atomic E-state index is 0.111. The summed E-state index contributed by atoms with van der Waals surface area (Å²) in [6, 6.07) is 4.51. The lowest BCUT2D eigenvalue weighted by Crippen LogP contribution is -2.16. The van der Waals surface area contributed by atoms with E-state index in [4.69, 9.17) is 17.3 Å². The molecule has 92 valence electrons. The third kappa shape index (κ3) is 2.18. The van der Waals surface area contributed by atoms with Gasteiger partial charge in [-0.05, 0) is 29.8 Å². The first-order valence-electron chi connectivity index (χ1n) is 4.81. The van der Waals surface area contributed by atoms with E-state index in [0.717, 1.165) is 0 Å². The molecule has 1 amide bonds. The molecule has 1 aromatic heterocycles. The number of Topliss-reactive ketones (excluding diaryl/α,β-unsaturated/α-hetero) is 1. The molecule has 0 spiro atoms. The van der Waals surface area contributed by atoms with Gasteiger partial charge in [0.05, 0.1) is 5.56 Å². The normalized spacial score (nSPS) is 10.3. The van der Waals surface area contributed by atoms with E-state index in [2.05, 4.69) is 9.72 Å². The number of hydrogen-bond acceptors (Lipinski definition) is 4. The molecule has 0 saturated carbocycles. The molecular weight excluding hydrogens is 260 g/mol. The molecule has 0 saturated heterocycles. The Morgan fingerprint density at radius 3 is 2.61 bits per heavy atom. The molecule has 0 atom stereocenters. The Balaban J connectivity index is 2.53. The van der Waals surface area contributed by atoms with Gasteiger partial charge in [0.15, 0.2) is 0 Å². The predicted molar refractivity (Wildman–Crippen MR) is 63.7 cm³/mol. The topological polar surface area (TPSA) is 102 Å². The maximum absolute atomic E-state index is 11.5. The molecule has 7 heteroatoms. The van der Waals surface area contributed by atoms with Gasteiger partial charge < -0.3 is 15.5 Å². The van der Waals surface area contributed by atoms with Gasteiger partial charge in [-0.25, -0.2) is 4.79 Å². The number of ether oxygens (including phenoxy) is 1. The Hall–Kier alpha value is -2.34. The van der Waals surface area contributed by atoms with Gasteiger partial charge in [0.25, 0.3) is 5.24 Å². The fourth-order valence-corrected chi connectivity index (χ4v) is 1.67. The number of rotatable bonds is 3. The number of amides is 1. The third-order valence-electron chi connectivity index (χ3n) is 2.29. The number of halogens is 1. The quantitative estimate of drug-likeness (QED) is 0.500. The molecule has 2 aromatic rings. The summed E-state index contributed by atoms with van der Waals surface area (Å²) < 4.78 is 4.68. The third-order valence-corrected chi connectivity index (χ3v) is 2.47. The second kappa shape index (κ2) is 4.50. The Morgan fingerprint density at radius 1 is 1.28 bits per heavy atom. The van der Waals surface area contributed by atoms with Crippen LogP contribution in [0.25, 0.3) is 10.9 Å². The number of hydrogen-bond donors (Lipinski definition) is 2. The number of carbonyl (C=O) groups excluding carboxylic acids is 3. The highest BCUT2D eigenvalue weighted by atomic mass is 35.5. The molecule has 3 N–H and O–H groups in total.